The molecule has 4 atom stereocenters. The second-order valence-corrected chi connectivity index (χ2v) is 7.23. The Morgan fingerprint density at radius 3 is 2.65 bits per heavy atom. The number of aliphatic hydroxyl groups excluding tert-OH is 1. The van der Waals surface area contributed by atoms with Crippen LogP contribution in [0.1, 0.15) is 25.8 Å². The molecule has 2 N–H and O–H groups in total. The Morgan fingerprint density at radius 2 is 2.00 bits per heavy atom. The van der Waals surface area contributed by atoms with Crippen molar-refractivity contribution in [1.82, 2.24) is 4.90 Å². The molecule has 5 heteroatoms. The fraction of sp³-hybridized carbons (Fsp3) is 0.611. The number of ether oxygens (including phenoxy) is 1. The first-order valence-corrected chi connectivity index (χ1v) is 8.19. The van der Waals surface area contributed by atoms with Crippen LogP contribution in [0.25, 0.3) is 0 Å². The largest absolute Gasteiger partial charge is 0.390 e. The van der Waals surface area contributed by atoms with E-state index in [0.717, 1.165) is 5.56 Å². The first kappa shape index (κ1) is 16.4. The molecule has 126 valence electrons. The maximum Gasteiger partial charge on any atom is 0.225 e. The molecule has 1 amide bonds. The summed E-state index contributed by atoms with van der Waals surface area (Å²) in [5.41, 5.74) is 0.177. The highest BCUT2D eigenvalue weighted by Crippen LogP contribution is 2.42. The van der Waals surface area contributed by atoms with Gasteiger partial charge in [-0.25, -0.2) is 0 Å². The Bertz CT molecular complexity index is 554. The standard InChI is InChI=1S/C18H25NO4/c1-18(2,22)14-9-19-16(21)8-15(20)17(19)13(14)11-23-10-12-6-4-3-5-7-12/h3-7,13-15,17,20,22H,8-11H2,1-2H3/t13-,14+,15+,17-/m0/s1. The zero-order valence-corrected chi connectivity index (χ0v) is 13.7. The van der Waals surface area contributed by atoms with Crippen LogP contribution in [-0.2, 0) is 16.1 Å². The molecule has 0 bridgehead atoms. The number of carbonyl (C=O) groups is 1. The summed E-state index contributed by atoms with van der Waals surface area (Å²) in [5, 5.41) is 20.7. The Balaban J connectivity index is 1.69. The number of hydrogen-bond acceptors (Lipinski definition) is 4. The fourth-order valence-corrected chi connectivity index (χ4v) is 3.97. The smallest absolute Gasteiger partial charge is 0.225 e. The van der Waals surface area contributed by atoms with Crippen molar-refractivity contribution in [2.45, 2.75) is 44.6 Å². The van der Waals surface area contributed by atoms with E-state index >= 15 is 0 Å². The summed E-state index contributed by atoms with van der Waals surface area (Å²) in [6.07, 6.45) is -0.488. The van der Waals surface area contributed by atoms with Crippen molar-refractivity contribution in [2.75, 3.05) is 13.2 Å². The highest BCUT2D eigenvalue weighted by atomic mass is 16.5. The zero-order chi connectivity index (χ0) is 16.6. The predicted octanol–water partition coefficient (Wildman–Crippen LogP) is 1.18. The lowest BCUT2D eigenvalue weighted by molar-refractivity contribution is -0.128. The predicted molar refractivity (Wildman–Crippen MR) is 85.5 cm³/mol. The van der Waals surface area contributed by atoms with Gasteiger partial charge in [-0.3, -0.25) is 4.79 Å². The summed E-state index contributed by atoms with van der Waals surface area (Å²) in [7, 11) is 0. The molecular formula is C18H25NO4. The van der Waals surface area contributed by atoms with Crippen LogP contribution in [0.2, 0.25) is 0 Å². The van der Waals surface area contributed by atoms with E-state index in [1.807, 2.05) is 30.3 Å². The van der Waals surface area contributed by atoms with Crippen LogP contribution in [0.15, 0.2) is 30.3 Å². The van der Waals surface area contributed by atoms with E-state index < -0.39 is 11.7 Å². The molecule has 23 heavy (non-hydrogen) atoms. The topological polar surface area (TPSA) is 70.0 Å². The van der Waals surface area contributed by atoms with Gasteiger partial charge < -0.3 is 19.8 Å². The summed E-state index contributed by atoms with van der Waals surface area (Å²) < 4.78 is 5.86. The van der Waals surface area contributed by atoms with Gasteiger partial charge in [0.05, 0.1) is 37.4 Å². The average molecular weight is 319 g/mol. The normalized spacial score (nSPS) is 30.8. The Labute approximate surface area is 136 Å². The van der Waals surface area contributed by atoms with Crippen molar-refractivity contribution in [3.63, 3.8) is 0 Å². The third-order valence-corrected chi connectivity index (χ3v) is 5.14. The molecule has 0 unspecified atom stereocenters. The molecule has 1 aromatic rings. The Kier molecular flexibility index (Phi) is 4.45. The molecule has 2 aliphatic rings. The number of fused-ring (bicyclic) bond motifs is 1. The van der Waals surface area contributed by atoms with E-state index in [1.165, 1.54) is 0 Å². The van der Waals surface area contributed by atoms with Crippen molar-refractivity contribution < 1.29 is 19.7 Å². The van der Waals surface area contributed by atoms with Gasteiger partial charge in [0.15, 0.2) is 0 Å². The molecule has 0 saturated carbocycles. The molecule has 2 fully saturated rings. The van der Waals surface area contributed by atoms with Crippen LogP contribution in [0, 0.1) is 11.8 Å². The van der Waals surface area contributed by atoms with Crippen LogP contribution in [-0.4, -0.2) is 51.9 Å². The first-order chi connectivity index (χ1) is 10.9. The third-order valence-electron chi connectivity index (χ3n) is 5.14. The number of benzene rings is 1. The maximum absolute atomic E-state index is 12.0. The van der Waals surface area contributed by atoms with Crippen molar-refractivity contribution in [3.05, 3.63) is 35.9 Å². The van der Waals surface area contributed by atoms with Gasteiger partial charge in [-0.2, -0.15) is 0 Å². The summed E-state index contributed by atoms with van der Waals surface area (Å²) in [6.45, 7) is 4.94. The van der Waals surface area contributed by atoms with Crippen LogP contribution >= 0.6 is 0 Å². The third kappa shape index (κ3) is 3.27. The van der Waals surface area contributed by atoms with Crippen LogP contribution in [0.5, 0.6) is 0 Å². The number of carbonyl (C=O) groups excluding carboxylic acids is 1. The maximum atomic E-state index is 12.0. The van der Waals surface area contributed by atoms with Gasteiger partial charge in [0.1, 0.15) is 0 Å². The second kappa shape index (κ2) is 6.23. The minimum absolute atomic E-state index is 0.0256. The minimum Gasteiger partial charge on any atom is -0.390 e. The van der Waals surface area contributed by atoms with E-state index in [4.69, 9.17) is 4.74 Å². The van der Waals surface area contributed by atoms with E-state index in [-0.39, 0.29) is 30.2 Å². The van der Waals surface area contributed by atoms with Crippen molar-refractivity contribution in [1.29, 1.82) is 0 Å². The number of hydrogen-bond donors (Lipinski definition) is 2. The van der Waals surface area contributed by atoms with Gasteiger partial charge in [-0.15, -0.1) is 0 Å². The lowest BCUT2D eigenvalue weighted by atomic mass is 9.79. The molecule has 2 aliphatic heterocycles. The van der Waals surface area contributed by atoms with E-state index in [1.54, 1.807) is 18.7 Å². The van der Waals surface area contributed by atoms with E-state index in [2.05, 4.69) is 0 Å². The molecular weight excluding hydrogens is 294 g/mol. The quantitative estimate of drug-likeness (QED) is 0.855. The molecule has 2 heterocycles. The molecule has 3 rings (SSSR count). The first-order valence-electron chi connectivity index (χ1n) is 8.19. The lowest BCUT2D eigenvalue weighted by Gasteiger charge is -2.32. The Morgan fingerprint density at radius 1 is 1.30 bits per heavy atom. The molecule has 0 radical (unpaired) electrons. The molecule has 0 aromatic heterocycles. The highest BCUT2D eigenvalue weighted by Gasteiger charge is 2.55. The van der Waals surface area contributed by atoms with Gasteiger partial charge >= 0.3 is 0 Å². The molecule has 2 saturated heterocycles. The van der Waals surface area contributed by atoms with Crippen LogP contribution < -0.4 is 0 Å². The van der Waals surface area contributed by atoms with E-state index in [9.17, 15) is 15.0 Å². The van der Waals surface area contributed by atoms with Gasteiger partial charge in [0, 0.05) is 18.4 Å². The summed E-state index contributed by atoms with van der Waals surface area (Å²) in [5.74, 6) is -0.176. The van der Waals surface area contributed by atoms with Crippen LogP contribution in [0.4, 0.5) is 0 Å². The van der Waals surface area contributed by atoms with Crippen molar-refractivity contribution >= 4 is 5.91 Å². The van der Waals surface area contributed by atoms with Crippen molar-refractivity contribution in [2.24, 2.45) is 11.8 Å². The zero-order valence-electron chi connectivity index (χ0n) is 13.7. The second-order valence-electron chi connectivity index (χ2n) is 7.23. The SMILES string of the molecule is CC(C)(O)[C@@H]1CN2C(=O)C[C@@H](O)[C@@H]2[C@H]1COCc1ccccc1. The van der Waals surface area contributed by atoms with Crippen LogP contribution in [0.3, 0.4) is 0 Å². The lowest BCUT2D eigenvalue weighted by Crippen LogP contribution is -2.41. The molecule has 5 nitrogen and oxygen atoms in total. The summed E-state index contributed by atoms with van der Waals surface area (Å²) in [4.78, 5) is 13.7. The molecule has 0 spiro atoms. The van der Waals surface area contributed by atoms with Gasteiger partial charge in [0.2, 0.25) is 5.91 Å². The number of nitrogens with zero attached hydrogens (tertiary/aromatic N) is 1. The minimum atomic E-state index is -0.912. The summed E-state index contributed by atoms with van der Waals surface area (Å²) >= 11 is 0. The summed E-state index contributed by atoms with van der Waals surface area (Å²) in [6, 6.07) is 9.66. The molecule has 0 aliphatic carbocycles. The number of rotatable bonds is 5. The fourth-order valence-electron chi connectivity index (χ4n) is 3.97. The van der Waals surface area contributed by atoms with E-state index in [0.29, 0.717) is 19.8 Å². The van der Waals surface area contributed by atoms with Gasteiger partial charge in [-0.05, 0) is 19.4 Å². The van der Waals surface area contributed by atoms with Gasteiger partial charge in [-0.1, -0.05) is 30.3 Å². The Hall–Kier alpha value is -1.43. The van der Waals surface area contributed by atoms with Crippen molar-refractivity contribution in [3.8, 4) is 0 Å². The number of aliphatic hydroxyl groups is 2. The average Bonchev–Trinajstić information content (AvgIpc) is 3.00. The number of amides is 1. The molecule has 1 aromatic carbocycles. The highest BCUT2D eigenvalue weighted by molar-refractivity contribution is 5.80. The van der Waals surface area contributed by atoms with Gasteiger partial charge in [0.25, 0.3) is 0 Å². The monoisotopic (exact) mass is 319 g/mol.